The van der Waals surface area contributed by atoms with Crippen molar-refractivity contribution in [2.24, 2.45) is 0 Å². The fourth-order valence-electron chi connectivity index (χ4n) is 2.63. The summed E-state index contributed by atoms with van der Waals surface area (Å²) in [7, 11) is 1.84. The molecule has 1 N–H and O–H groups in total. The van der Waals surface area contributed by atoms with Crippen molar-refractivity contribution < 1.29 is 9.15 Å². The van der Waals surface area contributed by atoms with E-state index in [4.69, 9.17) is 9.15 Å². The fraction of sp³-hybridized carbons (Fsp3) is 0.714. The molecule has 1 unspecified atom stereocenters. The van der Waals surface area contributed by atoms with E-state index in [-0.39, 0.29) is 5.60 Å². The van der Waals surface area contributed by atoms with Crippen LogP contribution in [-0.2, 0) is 11.2 Å². The van der Waals surface area contributed by atoms with Crippen LogP contribution in [0.4, 0.5) is 0 Å². The van der Waals surface area contributed by atoms with Crippen LogP contribution in [0.15, 0.2) is 23.0 Å². The van der Waals surface area contributed by atoms with Gasteiger partial charge < -0.3 is 14.5 Å². The second-order valence-corrected chi connectivity index (χ2v) is 4.96. The minimum atomic E-state index is 0.0481. The Balaban J connectivity index is 2.02. The van der Waals surface area contributed by atoms with Gasteiger partial charge in [0.15, 0.2) is 0 Å². The molecule has 17 heavy (non-hydrogen) atoms. The first kappa shape index (κ1) is 12.7. The Morgan fingerprint density at radius 1 is 1.53 bits per heavy atom. The third kappa shape index (κ3) is 2.72. The van der Waals surface area contributed by atoms with Gasteiger partial charge in [-0.1, -0.05) is 6.92 Å². The molecule has 2 rings (SSSR count). The average molecular weight is 237 g/mol. The maximum atomic E-state index is 5.79. The van der Waals surface area contributed by atoms with Crippen LogP contribution in [-0.4, -0.2) is 25.3 Å². The van der Waals surface area contributed by atoms with Crippen LogP contribution in [0.2, 0.25) is 0 Å². The van der Waals surface area contributed by atoms with Gasteiger partial charge in [0.1, 0.15) is 0 Å². The SMILES string of the molecule is CCCNC(Cc1ccoc1)C1(OC)CCC1. The van der Waals surface area contributed by atoms with Crippen molar-refractivity contribution in [1.82, 2.24) is 5.32 Å². The van der Waals surface area contributed by atoms with Gasteiger partial charge in [0.25, 0.3) is 0 Å². The first-order valence-corrected chi connectivity index (χ1v) is 6.60. The van der Waals surface area contributed by atoms with Crippen LogP contribution in [0, 0.1) is 0 Å². The van der Waals surface area contributed by atoms with Crippen molar-refractivity contribution in [3.63, 3.8) is 0 Å². The summed E-state index contributed by atoms with van der Waals surface area (Å²) in [6, 6.07) is 2.45. The predicted molar refractivity (Wildman–Crippen MR) is 68.1 cm³/mol. The number of ether oxygens (including phenoxy) is 1. The lowest BCUT2D eigenvalue weighted by Gasteiger charge is -2.47. The van der Waals surface area contributed by atoms with Crippen LogP contribution in [0.3, 0.4) is 0 Å². The van der Waals surface area contributed by atoms with Crippen LogP contribution in [0.1, 0.15) is 38.2 Å². The monoisotopic (exact) mass is 237 g/mol. The number of nitrogens with one attached hydrogen (secondary N) is 1. The molecule has 0 aromatic carbocycles. The Morgan fingerprint density at radius 2 is 2.35 bits per heavy atom. The molecule has 1 aliphatic carbocycles. The Morgan fingerprint density at radius 3 is 2.82 bits per heavy atom. The van der Waals surface area contributed by atoms with Gasteiger partial charge in [0.2, 0.25) is 0 Å². The van der Waals surface area contributed by atoms with E-state index in [1.165, 1.54) is 24.8 Å². The minimum Gasteiger partial charge on any atom is -0.472 e. The van der Waals surface area contributed by atoms with Crippen molar-refractivity contribution in [2.45, 2.75) is 50.7 Å². The fourth-order valence-corrected chi connectivity index (χ4v) is 2.63. The molecular weight excluding hydrogens is 214 g/mol. The molecule has 1 aromatic heterocycles. The molecule has 0 saturated heterocycles. The van der Waals surface area contributed by atoms with E-state index in [0.717, 1.165) is 19.4 Å². The molecule has 96 valence electrons. The van der Waals surface area contributed by atoms with Gasteiger partial charge in [-0.15, -0.1) is 0 Å². The quantitative estimate of drug-likeness (QED) is 0.792. The number of hydrogen-bond acceptors (Lipinski definition) is 3. The number of methoxy groups -OCH3 is 1. The van der Waals surface area contributed by atoms with Crippen molar-refractivity contribution in [3.05, 3.63) is 24.2 Å². The molecule has 1 heterocycles. The summed E-state index contributed by atoms with van der Waals surface area (Å²) in [5.41, 5.74) is 1.30. The van der Waals surface area contributed by atoms with E-state index in [1.54, 1.807) is 6.26 Å². The number of rotatable bonds is 7. The minimum absolute atomic E-state index is 0.0481. The summed E-state index contributed by atoms with van der Waals surface area (Å²) in [6.45, 7) is 3.25. The topological polar surface area (TPSA) is 34.4 Å². The van der Waals surface area contributed by atoms with E-state index in [9.17, 15) is 0 Å². The van der Waals surface area contributed by atoms with E-state index in [0.29, 0.717) is 6.04 Å². The molecule has 1 aromatic rings. The molecule has 3 heteroatoms. The highest BCUT2D eigenvalue weighted by atomic mass is 16.5. The molecule has 1 saturated carbocycles. The molecule has 0 radical (unpaired) electrons. The summed E-state index contributed by atoms with van der Waals surface area (Å²) in [4.78, 5) is 0. The van der Waals surface area contributed by atoms with E-state index >= 15 is 0 Å². The van der Waals surface area contributed by atoms with Crippen LogP contribution in [0.5, 0.6) is 0 Å². The lowest BCUT2D eigenvalue weighted by Crippen LogP contribution is -2.57. The first-order valence-electron chi connectivity index (χ1n) is 6.60. The van der Waals surface area contributed by atoms with Gasteiger partial charge in [-0.05, 0) is 50.3 Å². The second kappa shape index (κ2) is 5.69. The Bertz CT molecular complexity index is 311. The van der Waals surface area contributed by atoms with Gasteiger partial charge in [-0.2, -0.15) is 0 Å². The van der Waals surface area contributed by atoms with Gasteiger partial charge in [-0.25, -0.2) is 0 Å². The first-order chi connectivity index (χ1) is 8.30. The van der Waals surface area contributed by atoms with Gasteiger partial charge in [-0.3, -0.25) is 0 Å². The summed E-state index contributed by atoms with van der Waals surface area (Å²) in [5.74, 6) is 0. The molecule has 1 aliphatic rings. The van der Waals surface area contributed by atoms with Crippen LogP contribution >= 0.6 is 0 Å². The molecule has 3 nitrogen and oxygen atoms in total. The van der Waals surface area contributed by atoms with Crippen molar-refractivity contribution in [3.8, 4) is 0 Å². The van der Waals surface area contributed by atoms with Crippen LogP contribution < -0.4 is 5.32 Å². The smallest absolute Gasteiger partial charge is 0.0935 e. The van der Waals surface area contributed by atoms with E-state index in [1.807, 2.05) is 19.4 Å². The molecular formula is C14H23NO2. The Labute approximate surface area is 104 Å². The van der Waals surface area contributed by atoms with Crippen molar-refractivity contribution >= 4 is 0 Å². The molecule has 0 spiro atoms. The predicted octanol–water partition coefficient (Wildman–Crippen LogP) is 2.76. The molecule has 0 aliphatic heterocycles. The van der Waals surface area contributed by atoms with Crippen molar-refractivity contribution in [2.75, 3.05) is 13.7 Å². The molecule has 0 bridgehead atoms. The summed E-state index contributed by atoms with van der Waals surface area (Å²) in [5, 5.41) is 3.63. The Kier molecular flexibility index (Phi) is 4.24. The van der Waals surface area contributed by atoms with Crippen molar-refractivity contribution in [1.29, 1.82) is 0 Å². The third-order valence-corrected chi connectivity index (χ3v) is 3.90. The largest absolute Gasteiger partial charge is 0.472 e. The summed E-state index contributed by atoms with van der Waals surface area (Å²) < 4.78 is 10.9. The highest BCUT2D eigenvalue weighted by Crippen LogP contribution is 2.39. The normalized spacial score (nSPS) is 19.9. The van der Waals surface area contributed by atoms with E-state index < -0.39 is 0 Å². The number of furan rings is 1. The van der Waals surface area contributed by atoms with Gasteiger partial charge in [0, 0.05) is 13.2 Å². The summed E-state index contributed by atoms with van der Waals surface area (Å²) in [6.07, 6.45) is 9.34. The van der Waals surface area contributed by atoms with Crippen LogP contribution in [0.25, 0.3) is 0 Å². The van der Waals surface area contributed by atoms with Gasteiger partial charge in [0.05, 0.1) is 18.1 Å². The Hall–Kier alpha value is -0.800. The molecule has 1 fully saturated rings. The van der Waals surface area contributed by atoms with Gasteiger partial charge >= 0.3 is 0 Å². The highest BCUT2D eigenvalue weighted by molar-refractivity contribution is 5.12. The van der Waals surface area contributed by atoms with E-state index in [2.05, 4.69) is 12.2 Å². The average Bonchev–Trinajstić information content (AvgIpc) is 2.77. The lowest BCUT2D eigenvalue weighted by atomic mass is 9.72. The summed E-state index contributed by atoms with van der Waals surface area (Å²) >= 11 is 0. The lowest BCUT2D eigenvalue weighted by molar-refractivity contribution is -0.0980. The number of hydrogen-bond donors (Lipinski definition) is 1. The second-order valence-electron chi connectivity index (χ2n) is 4.96. The molecule has 0 amide bonds. The highest BCUT2D eigenvalue weighted by Gasteiger charge is 2.44. The zero-order valence-electron chi connectivity index (χ0n) is 10.9. The molecule has 1 atom stereocenters. The zero-order valence-corrected chi connectivity index (χ0v) is 10.9. The maximum absolute atomic E-state index is 5.79. The third-order valence-electron chi connectivity index (χ3n) is 3.90. The maximum Gasteiger partial charge on any atom is 0.0935 e. The standard InChI is InChI=1S/C14H23NO2/c1-3-8-15-13(10-12-5-9-17-11-12)14(16-2)6-4-7-14/h5,9,11,13,15H,3-4,6-8,10H2,1-2H3. The zero-order chi connectivity index (χ0) is 12.1.